The highest BCUT2D eigenvalue weighted by Gasteiger charge is 2.38. The third kappa shape index (κ3) is 3.85. The molecule has 0 radical (unpaired) electrons. The van der Waals surface area contributed by atoms with Crippen LogP contribution in [0, 0.1) is 0 Å². The highest BCUT2D eigenvalue weighted by Crippen LogP contribution is 2.33. The van der Waals surface area contributed by atoms with E-state index in [0.717, 1.165) is 16.7 Å². The molecule has 2 aromatic heterocycles. The number of fused-ring (bicyclic) bond motifs is 1. The van der Waals surface area contributed by atoms with Crippen molar-refractivity contribution in [3.8, 4) is 22.5 Å². The van der Waals surface area contributed by atoms with E-state index >= 15 is 0 Å². The largest absolute Gasteiger partial charge is 0.356 e. The Labute approximate surface area is 200 Å². The van der Waals surface area contributed by atoms with Gasteiger partial charge in [0.2, 0.25) is 12.3 Å². The third-order valence-electron chi connectivity index (χ3n) is 5.86. The lowest BCUT2D eigenvalue weighted by Crippen LogP contribution is -2.52. The minimum Gasteiger partial charge on any atom is -0.356 e. The Hall–Kier alpha value is -3.95. The number of hydrogen-bond acceptors (Lipinski definition) is 6. The molecule has 0 spiro atoms. The zero-order valence-electron chi connectivity index (χ0n) is 18.7. The number of aromatic nitrogens is 2. The van der Waals surface area contributed by atoms with Crippen LogP contribution >= 0.6 is 11.3 Å². The van der Waals surface area contributed by atoms with Gasteiger partial charge in [0.25, 0.3) is 5.91 Å². The topological polar surface area (TPSA) is 90.7 Å². The van der Waals surface area contributed by atoms with Crippen molar-refractivity contribution in [3.63, 3.8) is 0 Å². The number of carbonyl (C=O) groups excluding carboxylic acids is 2. The molecule has 3 heterocycles. The number of rotatable bonds is 5. The van der Waals surface area contributed by atoms with Gasteiger partial charge in [-0.05, 0) is 40.1 Å². The maximum absolute atomic E-state index is 13.1. The summed E-state index contributed by atoms with van der Waals surface area (Å²) in [5, 5.41) is 17.4. The Kier molecular flexibility index (Phi) is 5.64. The standard InChI is InChI=1S/C25H23N5O3S/c1-28-23-21(24(32)29(2)25(28)33)30(22(27-23)17-6-4-3-5-7-17)14-20(31)26-19-10-8-16(9-11-19)18-12-13-34-15-18/h3-13,15,25,33H,14H2,1-2H3,(H,26,31). The Balaban J connectivity index is 1.46. The van der Waals surface area contributed by atoms with Crippen LogP contribution in [0.4, 0.5) is 11.5 Å². The lowest BCUT2D eigenvalue weighted by atomic mass is 10.1. The number of imidazole rings is 1. The van der Waals surface area contributed by atoms with Crippen LogP contribution in [-0.4, -0.2) is 51.8 Å². The van der Waals surface area contributed by atoms with Gasteiger partial charge in [0, 0.05) is 25.3 Å². The fraction of sp³-hybridized carbons (Fsp3) is 0.160. The minimum atomic E-state index is -1.14. The second kappa shape index (κ2) is 8.77. The van der Waals surface area contributed by atoms with Crippen molar-refractivity contribution >= 4 is 34.7 Å². The summed E-state index contributed by atoms with van der Waals surface area (Å²) in [7, 11) is 3.18. The lowest BCUT2D eigenvalue weighted by molar-refractivity contribution is -0.116. The average Bonchev–Trinajstić information content (AvgIpc) is 3.51. The number of nitrogens with one attached hydrogen (secondary N) is 1. The number of nitrogens with zero attached hydrogens (tertiary/aromatic N) is 4. The van der Waals surface area contributed by atoms with Gasteiger partial charge >= 0.3 is 0 Å². The van der Waals surface area contributed by atoms with Gasteiger partial charge in [0.1, 0.15) is 12.4 Å². The summed E-state index contributed by atoms with van der Waals surface area (Å²) >= 11 is 1.63. The SMILES string of the molecule is CN1C(=O)c2c(nc(-c3ccccc3)n2CC(=O)Nc2ccc(-c3ccsc3)cc2)N(C)C1O. The van der Waals surface area contributed by atoms with Crippen LogP contribution < -0.4 is 10.2 Å². The van der Waals surface area contributed by atoms with E-state index in [0.29, 0.717) is 17.3 Å². The van der Waals surface area contributed by atoms with Crippen molar-refractivity contribution in [1.29, 1.82) is 0 Å². The summed E-state index contributed by atoms with van der Waals surface area (Å²) in [5.41, 5.74) is 3.90. The molecule has 2 N–H and O–H groups in total. The maximum atomic E-state index is 13.1. The smallest absolute Gasteiger partial charge is 0.277 e. The molecular weight excluding hydrogens is 450 g/mol. The van der Waals surface area contributed by atoms with E-state index in [1.165, 1.54) is 16.8 Å². The van der Waals surface area contributed by atoms with Crippen molar-refractivity contribution in [2.24, 2.45) is 0 Å². The molecule has 5 rings (SSSR count). The van der Waals surface area contributed by atoms with E-state index in [4.69, 9.17) is 0 Å². The van der Waals surface area contributed by atoms with Crippen LogP contribution in [0.3, 0.4) is 0 Å². The van der Waals surface area contributed by atoms with E-state index in [1.807, 2.05) is 66.0 Å². The molecule has 34 heavy (non-hydrogen) atoms. The van der Waals surface area contributed by atoms with Gasteiger partial charge in [-0.15, -0.1) is 0 Å². The van der Waals surface area contributed by atoms with Crippen molar-refractivity contribution in [3.05, 3.63) is 77.1 Å². The first kappa shape index (κ1) is 21.9. The monoisotopic (exact) mass is 473 g/mol. The van der Waals surface area contributed by atoms with E-state index < -0.39 is 12.3 Å². The van der Waals surface area contributed by atoms with Gasteiger partial charge in [0.15, 0.2) is 11.5 Å². The van der Waals surface area contributed by atoms with Crippen LogP contribution in [-0.2, 0) is 11.3 Å². The Morgan fingerprint density at radius 1 is 1.00 bits per heavy atom. The lowest BCUT2D eigenvalue weighted by Gasteiger charge is -2.36. The van der Waals surface area contributed by atoms with Gasteiger partial charge in [-0.1, -0.05) is 42.5 Å². The summed E-state index contributed by atoms with van der Waals surface area (Å²) in [6.07, 6.45) is -1.14. The summed E-state index contributed by atoms with van der Waals surface area (Å²) in [6, 6.07) is 19.0. The number of thiophene rings is 1. The summed E-state index contributed by atoms with van der Waals surface area (Å²) in [4.78, 5) is 33.5. The average molecular weight is 474 g/mol. The second-order valence-electron chi connectivity index (χ2n) is 8.07. The van der Waals surface area contributed by atoms with Crippen LogP contribution in [0.1, 0.15) is 10.5 Å². The molecule has 9 heteroatoms. The van der Waals surface area contributed by atoms with E-state index in [-0.39, 0.29) is 18.1 Å². The van der Waals surface area contributed by atoms with Gasteiger partial charge < -0.3 is 19.9 Å². The van der Waals surface area contributed by atoms with E-state index in [9.17, 15) is 14.7 Å². The summed E-state index contributed by atoms with van der Waals surface area (Å²) in [5.74, 6) is 0.131. The first-order chi connectivity index (χ1) is 16.4. The number of hydrogen-bond donors (Lipinski definition) is 2. The summed E-state index contributed by atoms with van der Waals surface area (Å²) in [6.45, 7) is -0.109. The first-order valence-electron chi connectivity index (χ1n) is 10.7. The molecule has 8 nitrogen and oxygen atoms in total. The fourth-order valence-electron chi connectivity index (χ4n) is 4.02. The number of aliphatic hydroxyl groups excluding tert-OH is 1. The highest BCUT2D eigenvalue weighted by atomic mass is 32.1. The predicted octanol–water partition coefficient (Wildman–Crippen LogP) is 3.72. The number of aliphatic hydroxyl groups is 1. The Morgan fingerprint density at radius 3 is 2.41 bits per heavy atom. The quantitative estimate of drug-likeness (QED) is 0.461. The normalized spacial score (nSPS) is 15.4. The predicted molar refractivity (Wildman–Crippen MR) is 133 cm³/mol. The highest BCUT2D eigenvalue weighted by molar-refractivity contribution is 7.08. The molecule has 1 aliphatic heterocycles. The molecule has 1 aliphatic rings. The molecule has 1 unspecified atom stereocenters. The van der Waals surface area contributed by atoms with E-state index in [1.54, 1.807) is 23.0 Å². The Morgan fingerprint density at radius 2 is 1.74 bits per heavy atom. The maximum Gasteiger partial charge on any atom is 0.277 e. The van der Waals surface area contributed by atoms with Crippen LogP contribution in [0.15, 0.2) is 71.4 Å². The van der Waals surface area contributed by atoms with Crippen LogP contribution in [0.2, 0.25) is 0 Å². The van der Waals surface area contributed by atoms with Crippen molar-refractivity contribution < 1.29 is 14.7 Å². The van der Waals surface area contributed by atoms with Crippen molar-refractivity contribution in [2.45, 2.75) is 12.9 Å². The Bertz CT molecular complexity index is 1330. The van der Waals surface area contributed by atoms with Gasteiger partial charge in [-0.2, -0.15) is 11.3 Å². The molecule has 2 aromatic carbocycles. The summed E-state index contributed by atoms with van der Waals surface area (Å²) < 4.78 is 1.61. The molecule has 0 saturated heterocycles. The third-order valence-corrected chi connectivity index (χ3v) is 6.54. The minimum absolute atomic E-state index is 0.109. The molecule has 0 saturated carbocycles. The first-order valence-corrected chi connectivity index (χ1v) is 11.6. The molecular formula is C25H23N5O3S. The van der Waals surface area contributed by atoms with E-state index in [2.05, 4.69) is 15.7 Å². The van der Waals surface area contributed by atoms with Crippen molar-refractivity contribution in [1.82, 2.24) is 14.5 Å². The molecule has 2 amide bonds. The number of benzene rings is 2. The number of anilines is 2. The van der Waals surface area contributed by atoms with Gasteiger partial charge in [-0.3, -0.25) is 14.5 Å². The fourth-order valence-corrected chi connectivity index (χ4v) is 4.68. The van der Waals surface area contributed by atoms with Gasteiger partial charge in [-0.25, -0.2) is 4.98 Å². The molecule has 1 atom stereocenters. The molecule has 0 fully saturated rings. The zero-order chi connectivity index (χ0) is 23.8. The van der Waals surface area contributed by atoms with Gasteiger partial charge in [0.05, 0.1) is 0 Å². The molecule has 4 aromatic rings. The number of carbonyl (C=O) groups is 2. The van der Waals surface area contributed by atoms with Crippen molar-refractivity contribution in [2.75, 3.05) is 24.3 Å². The molecule has 0 aliphatic carbocycles. The molecule has 172 valence electrons. The van der Waals surface area contributed by atoms with Crippen LogP contribution in [0.5, 0.6) is 0 Å². The number of amides is 2. The second-order valence-corrected chi connectivity index (χ2v) is 8.85. The zero-order valence-corrected chi connectivity index (χ0v) is 19.5. The van der Waals surface area contributed by atoms with Crippen LogP contribution in [0.25, 0.3) is 22.5 Å². The molecule has 0 bridgehead atoms.